The van der Waals surface area contributed by atoms with Crippen molar-refractivity contribution in [2.24, 2.45) is 5.73 Å². The second kappa shape index (κ2) is 6.35. The fourth-order valence-corrected chi connectivity index (χ4v) is 1.45. The molecule has 1 aromatic rings. The van der Waals surface area contributed by atoms with Gasteiger partial charge in [-0.25, -0.2) is 8.78 Å². The highest BCUT2D eigenvalue weighted by atomic mass is 19.1. The molecule has 0 aliphatic carbocycles. The number of rotatable bonds is 6. The average molecular weight is 214 g/mol. The number of benzene rings is 1. The maximum atomic E-state index is 13.4. The molecule has 0 heterocycles. The van der Waals surface area contributed by atoms with Crippen LogP contribution in [0, 0.1) is 5.82 Å². The van der Waals surface area contributed by atoms with Gasteiger partial charge < -0.3 is 10.6 Å². The maximum absolute atomic E-state index is 13.4. The van der Waals surface area contributed by atoms with Crippen LogP contribution in [0.5, 0.6) is 0 Å². The second-order valence-corrected chi connectivity index (χ2v) is 3.27. The van der Waals surface area contributed by atoms with Crippen LogP contribution in [0.1, 0.15) is 6.42 Å². The molecule has 0 saturated heterocycles. The Kier molecular flexibility index (Phi) is 5.04. The summed E-state index contributed by atoms with van der Waals surface area (Å²) in [7, 11) is 0. The van der Waals surface area contributed by atoms with Crippen LogP contribution in [0.15, 0.2) is 24.3 Å². The van der Waals surface area contributed by atoms with Crippen molar-refractivity contribution in [2.45, 2.75) is 6.42 Å². The minimum atomic E-state index is -0.487. The minimum Gasteiger partial charge on any atom is -0.367 e. The first kappa shape index (κ1) is 11.9. The van der Waals surface area contributed by atoms with Crippen molar-refractivity contribution in [3.8, 4) is 0 Å². The van der Waals surface area contributed by atoms with Crippen LogP contribution in [0.25, 0.3) is 0 Å². The van der Waals surface area contributed by atoms with Crippen molar-refractivity contribution in [3.05, 3.63) is 30.1 Å². The topological polar surface area (TPSA) is 29.3 Å². The van der Waals surface area contributed by atoms with E-state index in [9.17, 15) is 8.78 Å². The Bertz CT molecular complexity index is 292. The molecule has 15 heavy (non-hydrogen) atoms. The van der Waals surface area contributed by atoms with Crippen LogP contribution in [-0.4, -0.2) is 26.3 Å². The number of nitrogens with two attached hydrogens (primary N) is 1. The van der Waals surface area contributed by atoms with Gasteiger partial charge in [0.25, 0.3) is 0 Å². The monoisotopic (exact) mass is 214 g/mol. The SMILES string of the molecule is NCCCN(CCF)c1ccccc1F. The number of hydrogen-bond donors (Lipinski definition) is 1. The highest BCUT2D eigenvalue weighted by Gasteiger charge is 2.09. The zero-order valence-electron chi connectivity index (χ0n) is 8.63. The molecule has 0 aromatic heterocycles. The van der Waals surface area contributed by atoms with Crippen LogP contribution in [0.2, 0.25) is 0 Å². The first-order valence-electron chi connectivity index (χ1n) is 5.05. The van der Waals surface area contributed by atoms with Crippen LogP contribution in [-0.2, 0) is 0 Å². The number of nitrogens with zero attached hydrogens (tertiary/aromatic N) is 1. The van der Waals surface area contributed by atoms with Gasteiger partial charge in [0, 0.05) is 13.1 Å². The third-order valence-electron chi connectivity index (χ3n) is 2.18. The molecule has 2 N–H and O–H groups in total. The summed E-state index contributed by atoms with van der Waals surface area (Å²) in [5.74, 6) is -0.317. The fraction of sp³-hybridized carbons (Fsp3) is 0.455. The van der Waals surface area contributed by atoms with Gasteiger partial charge in [-0.3, -0.25) is 0 Å². The zero-order chi connectivity index (χ0) is 11.1. The summed E-state index contributed by atoms with van der Waals surface area (Å²) in [4.78, 5) is 1.68. The first-order chi connectivity index (χ1) is 7.29. The normalized spacial score (nSPS) is 10.3. The number of hydrogen-bond acceptors (Lipinski definition) is 2. The molecule has 0 saturated carbocycles. The highest BCUT2D eigenvalue weighted by Crippen LogP contribution is 2.18. The molecule has 0 aliphatic rings. The summed E-state index contributed by atoms with van der Waals surface area (Å²) in [5, 5.41) is 0. The van der Waals surface area contributed by atoms with Gasteiger partial charge in [-0.1, -0.05) is 12.1 Å². The van der Waals surface area contributed by atoms with Gasteiger partial charge in [0.05, 0.1) is 5.69 Å². The summed E-state index contributed by atoms with van der Waals surface area (Å²) in [6.45, 7) is 0.832. The molecule has 0 aliphatic heterocycles. The molecule has 0 amide bonds. The van der Waals surface area contributed by atoms with Gasteiger partial charge >= 0.3 is 0 Å². The van der Waals surface area contributed by atoms with Gasteiger partial charge in [-0.2, -0.15) is 0 Å². The highest BCUT2D eigenvalue weighted by molar-refractivity contribution is 5.47. The van der Waals surface area contributed by atoms with E-state index in [0.29, 0.717) is 18.8 Å². The van der Waals surface area contributed by atoms with Crippen molar-refractivity contribution in [3.63, 3.8) is 0 Å². The van der Waals surface area contributed by atoms with E-state index in [-0.39, 0.29) is 12.4 Å². The summed E-state index contributed by atoms with van der Waals surface area (Å²) >= 11 is 0. The Morgan fingerprint density at radius 1 is 1.20 bits per heavy atom. The summed E-state index contributed by atoms with van der Waals surface area (Å²) < 4.78 is 25.7. The number of halogens is 2. The number of para-hydroxylation sites is 1. The molecular weight excluding hydrogens is 198 g/mol. The number of anilines is 1. The Balaban J connectivity index is 2.74. The largest absolute Gasteiger partial charge is 0.367 e. The third kappa shape index (κ3) is 3.47. The molecule has 0 atom stereocenters. The van der Waals surface area contributed by atoms with E-state index < -0.39 is 6.67 Å². The summed E-state index contributed by atoms with van der Waals surface area (Å²) in [5.41, 5.74) is 5.82. The molecular formula is C11H16F2N2. The molecule has 0 spiro atoms. The van der Waals surface area contributed by atoms with E-state index in [4.69, 9.17) is 5.73 Å². The van der Waals surface area contributed by atoms with Gasteiger partial charge in [0.15, 0.2) is 0 Å². The van der Waals surface area contributed by atoms with Crippen molar-refractivity contribution < 1.29 is 8.78 Å². The summed E-state index contributed by atoms with van der Waals surface area (Å²) in [6, 6.07) is 6.39. The molecule has 4 heteroatoms. The Morgan fingerprint density at radius 2 is 1.93 bits per heavy atom. The standard InChI is InChI=1S/C11H16F2N2/c12-6-9-15(8-3-7-14)11-5-2-1-4-10(11)13/h1-2,4-5H,3,6-9,14H2. The molecule has 1 rings (SSSR count). The van der Waals surface area contributed by atoms with E-state index in [0.717, 1.165) is 6.42 Å². The third-order valence-corrected chi connectivity index (χ3v) is 2.18. The van der Waals surface area contributed by atoms with E-state index in [1.165, 1.54) is 6.07 Å². The van der Waals surface area contributed by atoms with Crippen LogP contribution in [0.3, 0.4) is 0 Å². The quantitative estimate of drug-likeness (QED) is 0.784. The van der Waals surface area contributed by atoms with E-state index in [1.807, 2.05) is 0 Å². The zero-order valence-corrected chi connectivity index (χ0v) is 8.63. The smallest absolute Gasteiger partial charge is 0.146 e. The predicted octanol–water partition coefficient (Wildman–Crippen LogP) is 1.95. The van der Waals surface area contributed by atoms with Gasteiger partial charge in [-0.05, 0) is 25.1 Å². The van der Waals surface area contributed by atoms with Crippen molar-refractivity contribution >= 4 is 5.69 Å². The van der Waals surface area contributed by atoms with Crippen LogP contribution < -0.4 is 10.6 Å². The van der Waals surface area contributed by atoms with Crippen LogP contribution >= 0.6 is 0 Å². The second-order valence-electron chi connectivity index (χ2n) is 3.27. The molecule has 0 radical (unpaired) electrons. The van der Waals surface area contributed by atoms with Crippen LogP contribution in [0.4, 0.5) is 14.5 Å². The lowest BCUT2D eigenvalue weighted by molar-refractivity contribution is 0.485. The summed E-state index contributed by atoms with van der Waals surface area (Å²) in [6.07, 6.45) is 0.730. The fourth-order valence-electron chi connectivity index (χ4n) is 1.45. The van der Waals surface area contributed by atoms with Gasteiger partial charge in [0.1, 0.15) is 12.5 Å². The Hall–Kier alpha value is -1.16. The van der Waals surface area contributed by atoms with Crippen molar-refractivity contribution in [1.82, 2.24) is 0 Å². The average Bonchev–Trinajstić information content (AvgIpc) is 2.25. The number of alkyl halides is 1. The first-order valence-corrected chi connectivity index (χ1v) is 5.05. The molecule has 2 nitrogen and oxygen atoms in total. The van der Waals surface area contributed by atoms with E-state index in [1.54, 1.807) is 23.1 Å². The lowest BCUT2D eigenvalue weighted by Gasteiger charge is -2.23. The Labute approximate surface area is 88.7 Å². The lowest BCUT2D eigenvalue weighted by Crippen LogP contribution is -2.29. The Morgan fingerprint density at radius 3 is 2.53 bits per heavy atom. The van der Waals surface area contributed by atoms with E-state index >= 15 is 0 Å². The lowest BCUT2D eigenvalue weighted by atomic mass is 10.2. The minimum absolute atomic E-state index is 0.209. The molecule has 0 fully saturated rings. The molecule has 1 aromatic carbocycles. The molecule has 84 valence electrons. The molecule has 0 unspecified atom stereocenters. The van der Waals surface area contributed by atoms with Crippen molar-refractivity contribution in [1.29, 1.82) is 0 Å². The van der Waals surface area contributed by atoms with Crippen molar-refractivity contribution in [2.75, 3.05) is 31.2 Å². The van der Waals surface area contributed by atoms with Gasteiger partial charge in [0.2, 0.25) is 0 Å². The van der Waals surface area contributed by atoms with Gasteiger partial charge in [-0.15, -0.1) is 0 Å². The van der Waals surface area contributed by atoms with E-state index in [2.05, 4.69) is 0 Å². The molecule has 0 bridgehead atoms. The predicted molar refractivity (Wildman–Crippen MR) is 58.3 cm³/mol. The maximum Gasteiger partial charge on any atom is 0.146 e.